The second-order valence-corrected chi connectivity index (χ2v) is 3.87. The largest absolute Gasteiger partial charge is 0.368 e. The number of hydrogen-bond donors (Lipinski definition) is 2. The SMILES string of the molecule is CCC1CC1Nc1nc(N)ncc1[N+](=O)[O-]. The normalized spacial score (nSPS) is 22.8. The van der Waals surface area contributed by atoms with Gasteiger partial charge in [0.15, 0.2) is 0 Å². The van der Waals surface area contributed by atoms with Crippen LogP contribution in [0.5, 0.6) is 0 Å². The molecule has 0 aromatic carbocycles. The van der Waals surface area contributed by atoms with Gasteiger partial charge in [0.05, 0.1) is 4.92 Å². The van der Waals surface area contributed by atoms with E-state index in [9.17, 15) is 10.1 Å². The van der Waals surface area contributed by atoms with Crippen molar-refractivity contribution in [3.63, 3.8) is 0 Å². The van der Waals surface area contributed by atoms with Crippen LogP contribution in [0.15, 0.2) is 6.20 Å². The van der Waals surface area contributed by atoms with Gasteiger partial charge < -0.3 is 11.1 Å². The summed E-state index contributed by atoms with van der Waals surface area (Å²) in [5.74, 6) is 0.844. The Kier molecular flexibility index (Phi) is 2.59. The number of nitro groups is 1. The Morgan fingerprint density at radius 3 is 3.06 bits per heavy atom. The molecule has 2 atom stereocenters. The zero-order valence-corrected chi connectivity index (χ0v) is 8.88. The first-order chi connectivity index (χ1) is 7.61. The molecule has 0 radical (unpaired) electrons. The molecule has 0 aliphatic heterocycles. The molecule has 7 nitrogen and oxygen atoms in total. The van der Waals surface area contributed by atoms with Gasteiger partial charge in [0.25, 0.3) is 0 Å². The molecule has 2 rings (SSSR count). The predicted octanol–water partition coefficient (Wildman–Crippen LogP) is 1.18. The summed E-state index contributed by atoms with van der Waals surface area (Å²) in [6.07, 6.45) is 3.22. The quantitative estimate of drug-likeness (QED) is 0.586. The van der Waals surface area contributed by atoms with Gasteiger partial charge in [-0.15, -0.1) is 0 Å². The van der Waals surface area contributed by atoms with E-state index in [-0.39, 0.29) is 23.5 Å². The number of nitrogens with zero attached hydrogens (tertiary/aromatic N) is 3. The maximum atomic E-state index is 10.7. The van der Waals surface area contributed by atoms with Gasteiger partial charge >= 0.3 is 5.69 Å². The molecule has 7 heteroatoms. The lowest BCUT2D eigenvalue weighted by Crippen LogP contribution is -2.10. The average Bonchev–Trinajstić information content (AvgIpc) is 2.96. The van der Waals surface area contributed by atoms with Crippen molar-refractivity contribution in [2.75, 3.05) is 11.1 Å². The van der Waals surface area contributed by atoms with Gasteiger partial charge in [-0.1, -0.05) is 13.3 Å². The van der Waals surface area contributed by atoms with E-state index < -0.39 is 4.92 Å². The molecule has 0 amide bonds. The molecule has 16 heavy (non-hydrogen) atoms. The first-order valence-electron chi connectivity index (χ1n) is 5.15. The van der Waals surface area contributed by atoms with Crippen molar-refractivity contribution in [3.8, 4) is 0 Å². The molecule has 1 heterocycles. The molecule has 1 aromatic rings. The minimum Gasteiger partial charge on any atom is -0.368 e. The molecule has 1 fully saturated rings. The highest BCUT2D eigenvalue weighted by Gasteiger charge is 2.37. The van der Waals surface area contributed by atoms with Crippen LogP contribution in [0.1, 0.15) is 19.8 Å². The molecule has 1 aliphatic rings. The van der Waals surface area contributed by atoms with Gasteiger partial charge in [-0.25, -0.2) is 4.98 Å². The molecular formula is C9H13N5O2. The van der Waals surface area contributed by atoms with Gasteiger partial charge in [-0.05, 0) is 12.3 Å². The van der Waals surface area contributed by atoms with Crippen LogP contribution in [-0.2, 0) is 0 Å². The Morgan fingerprint density at radius 2 is 2.50 bits per heavy atom. The Labute approximate surface area is 92.2 Å². The Hall–Kier alpha value is -1.92. The number of aromatic nitrogens is 2. The second kappa shape index (κ2) is 3.92. The third-order valence-electron chi connectivity index (χ3n) is 2.75. The summed E-state index contributed by atoms with van der Waals surface area (Å²) in [6.45, 7) is 2.09. The van der Waals surface area contributed by atoms with Gasteiger partial charge in [0.1, 0.15) is 6.20 Å². The number of anilines is 2. The van der Waals surface area contributed by atoms with Crippen LogP contribution in [0, 0.1) is 16.0 Å². The Bertz CT molecular complexity index is 422. The van der Waals surface area contributed by atoms with Crippen LogP contribution < -0.4 is 11.1 Å². The van der Waals surface area contributed by atoms with Crippen molar-refractivity contribution in [2.24, 2.45) is 5.92 Å². The van der Waals surface area contributed by atoms with Crippen LogP contribution in [0.2, 0.25) is 0 Å². The molecule has 2 unspecified atom stereocenters. The van der Waals surface area contributed by atoms with E-state index in [1.165, 1.54) is 0 Å². The summed E-state index contributed by atoms with van der Waals surface area (Å²) >= 11 is 0. The fourth-order valence-electron chi connectivity index (χ4n) is 1.68. The molecule has 0 bridgehead atoms. The van der Waals surface area contributed by atoms with Gasteiger partial charge in [-0.2, -0.15) is 4.98 Å². The second-order valence-electron chi connectivity index (χ2n) is 3.87. The summed E-state index contributed by atoms with van der Waals surface area (Å²) in [5, 5.41) is 13.8. The summed E-state index contributed by atoms with van der Waals surface area (Å²) in [5.41, 5.74) is 5.28. The first kappa shape index (κ1) is 10.6. The molecule has 0 spiro atoms. The summed E-state index contributed by atoms with van der Waals surface area (Å²) < 4.78 is 0. The van der Waals surface area contributed by atoms with E-state index in [2.05, 4.69) is 22.2 Å². The summed E-state index contributed by atoms with van der Waals surface area (Å²) in [7, 11) is 0. The van der Waals surface area contributed by atoms with E-state index in [0.717, 1.165) is 19.0 Å². The van der Waals surface area contributed by atoms with E-state index in [1.54, 1.807) is 0 Å². The lowest BCUT2D eigenvalue weighted by molar-refractivity contribution is -0.384. The zero-order chi connectivity index (χ0) is 11.7. The average molecular weight is 223 g/mol. The predicted molar refractivity (Wildman–Crippen MR) is 58.9 cm³/mol. The maximum absolute atomic E-state index is 10.7. The van der Waals surface area contributed by atoms with Crippen molar-refractivity contribution in [2.45, 2.75) is 25.8 Å². The third-order valence-corrected chi connectivity index (χ3v) is 2.75. The van der Waals surface area contributed by atoms with Crippen molar-refractivity contribution >= 4 is 17.5 Å². The number of nitrogens with two attached hydrogens (primary N) is 1. The molecule has 3 N–H and O–H groups in total. The highest BCUT2D eigenvalue weighted by Crippen LogP contribution is 2.37. The zero-order valence-electron chi connectivity index (χ0n) is 8.88. The van der Waals surface area contributed by atoms with Crippen LogP contribution in [0.4, 0.5) is 17.5 Å². The first-order valence-corrected chi connectivity index (χ1v) is 5.15. The van der Waals surface area contributed by atoms with Crippen LogP contribution in [0.3, 0.4) is 0 Å². The van der Waals surface area contributed by atoms with Gasteiger partial charge in [0, 0.05) is 6.04 Å². The summed E-state index contributed by atoms with van der Waals surface area (Å²) in [6, 6.07) is 0.276. The fraction of sp³-hybridized carbons (Fsp3) is 0.556. The monoisotopic (exact) mass is 223 g/mol. The highest BCUT2D eigenvalue weighted by molar-refractivity contribution is 5.57. The van der Waals surface area contributed by atoms with E-state index in [0.29, 0.717) is 5.92 Å². The molecule has 1 aromatic heterocycles. The highest BCUT2D eigenvalue weighted by atomic mass is 16.6. The number of hydrogen-bond acceptors (Lipinski definition) is 6. The topological polar surface area (TPSA) is 107 Å². The van der Waals surface area contributed by atoms with E-state index in [1.807, 2.05) is 0 Å². The van der Waals surface area contributed by atoms with Crippen LogP contribution in [-0.4, -0.2) is 20.9 Å². The minimum atomic E-state index is -0.509. The lowest BCUT2D eigenvalue weighted by Gasteiger charge is -2.05. The molecule has 0 saturated heterocycles. The van der Waals surface area contributed by atoms with Crippen LogP contribution in [0.25, 0.3) is 0 Å². The molecule has 1 saturated carbocycles. The maximum Gasteiger partial charge on any atom is 0.329 e. The number of rotatable bonds is 4. The van der Waals surface area contributed by atoms with Crippen molar-refractivity contribution in [1.29, 1.82) is 0 Å². The van der Waals surface area contributed by atoms with Crippen LogP contribution >= 0.6 is 0 Å². The number of nitrogens with one attached hydrogen (secondary N) is 1. The van der Waals surface area contributed by atoms with Crippen molar-refractivity contribution in [3.05, 3.63) is 16.3 Å². The molecular weight excluding hydrogens is 210 g/mol. The smallest absolute Gasteiger partial charge is 0.329 e. The van der Waals surface area contributed by atoms with Gasteiger partial charge in [0.2, 0.25) is 11.8 Å². The third kappa shape index (κ3) is 2.02. The van der Waals surface area contributed by atoms with E-state index in [4.69, 9.17) is 5.73 Å². The fourth-order valence-corrected chi connectivity index (χ4v) is 1.68. The Morgan fingerprint density at radius 1 is 1.75 bits per heavy atom. The van der Waals surface area contributed by atoms with E-state index >= 15 is 0 Å². The number of nitrogen functional groups attached to an aromatic ring is 1. The van der Waals surface area contributed by atoms with Gasteiger partial charge in [-0.3, -0.25) is 10.1 Å². The standard InChI is InChI=1S/C9H13N5O2/c1-2-5-3-6(5)12-8-7(14(15)16)4-11-9(10)13-8/h4-6H,2-3H2,1H3,(H3,10,11,12,13). The van der Waals surface area contributed by atoms with Crippen molar-refractivity contribution < 1.29 is 4.92 Å². The van der Waals surface area contributed by atoms with Crippen molar-refractivity contribution in [1.82, 2.24) is 9.97 Å². The molecule has 1 aliphatic carbocycles. The minimum absolute atomic E-state index is 0.0433. The summed E-state index contributed by atoms with van der Waals surface area (Å²) in [4.78, 5) is 17.7. The lowest BCUT2D eigenvalue weighted by atomic mass is 10.3. The Balaban J connectivity index is 2.18. The molecule has 86 valence electrons.